The van der Waals surface area contributed by atoms with Crippen LogP contribution in [0.25, 0.3) is 0 Å². The minimum Gasteiger partial charge on any atom is -0.105 e. The lowest BCUT2D eigenvalue weighted by Gasteiger charge is -2.19. The molecule has 66 valence electrons. The van der Waals surface area contributed by atoms with Gasteiger partial charge in [0.05, 0.1) is 0 Å². The highest BCUT2D eigenvalue weighted by atomic mass is 31.0. The molecule has 0 aliphatic carbocycles. The van der Waals surface area contributed by atoms with Gasteiger partial charge < -0.3 is 0 Å². The third-order valence-electron chi connectivity index (χ3n) is 1.78. The molecule has 0 aliphatic rings. The molecule has 12 heavy (non-hydrogen) atoms. The maximum Gasteiger partial charge on any atom is -0.0224 e. The van der Waals surface area contributed by atoms with Gasteiger partial charge >= 0.3 is 0 Å². The molecule has 1 unspecified atom stereocenters. The molecule has 0 fully saturated rings. The summed E-state index contributed by atoms with van der Waals surface area (Å²) in [6.45, 7) is 6.80. The van der Waals surface area contributed by atoms with E-state index >= 15 is 0 Å². The van der Waals surface area contributed by atoms with Crippen LogP contribution in [0.3, 0.4) is 0 Å². The van der Waals surface area contributed by atoms with Crippen molar-refractivity contribution in [2.24, 2.45) is 5.41 Å². The van der Waals surface area contributed by atoms with Crippen LogP contribution in [0.15, 0.2) is 24.3 Å². The van der Waals surface area contributed by atoms with Gasteiger partial charge in [0.15, 0.2) is 0 Å². The maximum absolute atomic E-state index is 2.79. The number of hydrogen-bond acceptors (Lipinski definition) is 0. The number of rotatable bonds is 1. The smallest absolute Gasteiger partial charge is 0.0224 e. The van der Waals surface area contributed by atoms with E-state index in [9.17, 15) is 0 Å². The predicted octanol–water partition coefficient (Wildman–Crippen LogP) is 2.78. The molecule has 1 atom stereocenters. The lowest BCUT2D eigenvalue weighted by Crippen LogP contribution is -2.13. The monoisotopic (exact) mass is 180 g/mol. The molecule has 0 heterocycles. The van der Waals surface area contributed by atoms with Gasteiger partial charge in [0.1, 0.15) is 0 Å². The third-order valence-corrected chi connectivity index (χ3v) is 2.34. The van der Waals surface area contributed by atoms with Crippen molar-refractivity contribution < 1.29 is 0 Å². The maximum atomic E-state index is 2.79. The Morgan fingerprint density at radius 2 is 1.75 bits per heavy atom. The quantitative estimate of drug-likeness (QED) is 0.583. The summed E-state index contributed by atoms with van der Waals surface area (Å²) < 4.78 is 0. The van der Waals surface area contributed by atoms with Gasteiger partial charge in [-0.3, -0.25) is 0 Å². The van der Waals surface area contributed by atoms with E-state index in [-0.39, 0.29) is 0 Å². The Kier molecular flexibility index (Phi) is 2.90. The van der Waals surface area contributed by atoms with Crippen molar-refractivity contribution >= 4 is 14.5 Å². The third kappa shape index (κ3) is 2.95. The second kappa shape index (κ2) is 3.58. The molecule has 1 heteroatoms. The zero-order chi connectivity index (χ0) is 9.19. The van der Waals surface area contributed by atoms with Crippen LogP contribution in [0.2, 0.25) is 0 Å². The average molecular weight is 180 g/mol. The SMILES string of the molecule is CC(C)(C)Cc1ccccc1P. The van der Waals surface area contributed by atoms with Gasteiger partial charge in [-0.2, -0.15) is 0 Å². The van der Waals surface area contributed by atoms with Crippen LogP contribution < -0.4 is 5.30 Å². The van der Waals surface area contributed by atoms with E-state index in [4.69, 9.17) is 0 Å². The number of benzene rings is 1. The van der Waals surface area contributed by atoms with Gasteiger partial charge in [0, 0.05) is 0 Å². The molecule has 0 saturated carbocycles. The first kappa shape index (κ1) is 9.74. The summed E-state index contributed by atoms with van der Waals surface area (Å²) in [5.41, 5.74) is 1.82. The standard InChI is InChI=1S/C11H17P/c1-11(2,3)8-9-6-4-5-7-10(9)12/h4-7H,8,12H2,1-3H3. The molecule has 0 saturated heterocycles. The fraction of sp³-hybridized carbons (Fsp3) is 0.455. The highest BCUT2D eigenvalue weighted by Gasteiger charge is 2.11. The van der Waals surface area contributed by atoms with E-state index in [1.165, 1.54) is 10.9 Å². The van der Waals surface area contributed by atoms with Crippen molar-refractivity contribution in [3.05, 3.63) is 29.8 Å². The van der Waals surface area contributed by atoms with Crippen molar-refractivity contribution in [1.82, 2.24) is 0 Å². The summed E-state index contributed by atoms with van der Waals surface area (Å²) >= 11 is 0. The summed E-state index contributed by atoms with van der Waals surface area (Å²) in [4.78, 5) is 0. The zero-order valence-electron chi connectivity index (χ0n) is 8.09. The fourth-order valence-electron chi connectivity index (χ4n) is 1.27. The molecule has 0 amide bonds. The topological polar surface area (TPSA) is 0 Å². The number of hydrogen-bond donors (Lipinski definition) is 0. The Morgan fingerprint density at radius 1 is 1.17 bits per heavy atom. The predicted molar refractivity (Wildman–Crippen MR) is 58.9 cm³/mol. The molecule has 0 nitrogen and oxygen atoms in total. The lowest BCUT2D eigenvalue weighted by atomic mass is 9.88. The van der Waals surface area contributed by atoms with Gasteiger partial charge in [0.25, 0.3) is 0 Å². The van der Waals surface area contributed by atoms with E-state index < -0.39 is 0 Å². The summed E-state index contributed by atoms with van der Waals surface area (Å²) in [6, 6.07) is 8.53. The molecule has 1 aromatic carbocycles. The Balaban J connectivity index is 2.83. The normalized spacial score (nSPS) is 11.7. The van der Waals surface area contributed by atoms with Gasteiger partial charge in [-0.25, -0.2) is 0 Å². The highest BCUT2D eigenvalue weighted by Crippen LogP contribution is 2.19. The molecule has 1 rings (SSSR count). The Morgan fingerprint density at radius 3 is 2.25 bits per heavy atom. The van der Waals surface area contributed by atoms with Crippen molar-refractivity contribution in [2.75, 3.05) is 0 Å². The highest BCUT2D eigenvalue weighted by molar-refractivity contribution is 7.27. The second-order valence-corrected chi connectivity index (χ2v) is 5.06. The zero-order valence-corrected chi connectivity index (χ0v) is 9.25. The Labute approximate surface area is 77.6 Å². The Hall–Kier alpha value is -0.350. The first-order valence-electron chi connectivity index (χ1n) is 4.32. The largest absolute Gasteiger partial charge is 0.105 e. The van der Waals surface area contributed by atoms with E-state index in [1.54, 1.807) is 0 Å². The van der Waals surface area contributed by atoms with Crippen LogP contribution in [-0.4, -0.2) is 0 Å². The van der Waals surface area contributed by atoms with Crippen molar-refractivity contribution in [1.29, 1.82) is 0 Å². The van der Waals surface area contributed by atoms with Gasteiger partial charge in [-0.15, -0.1) is 9.24 Å². The summed E-state index contributed by atoms with van der Waals surface area (Å²) in [6.07, 6.45) is 1.15. The van der Waals surface area contributed by atoms with Crippen LogP contribution in [-0.2, 0) is 6.42 Å². The molecule has 0 aromatic heterocycles. The van der Waals surface area contributed by atoms with Gasteiger partial charge in [-0.05, 0) is 22.7 Å². The van der Waals surface area contributed by atoms with Crippen molar-refractivity contribution in [3.8, 4) is 0 Å². The Bertz CT molecular complexity index is 258. The lowest BCUT2D eigenvalue weighted by molar-refractivity contribution is 0.412. The molecule has 0 N–H and O–H groups in total. The molecule has 1 aromatic rings. The molecular formula is C11H17P. The molecule has 0 bridgehead atoms. The van der Waals surface area contributed by atoms with Crippen molar-refractivity contribution in [2.45, 2.75) is 27.2 Å². The summed E-state index contributed by atoms with van der Waals surface area (Å²) in [5, 5.41) is 1.33. The van der Waals surface area contributed by atoms with Crippen LogP contribution in [0.4, 0.5) is 0 Å². The van der Waals surface area contributed by atoms with Crippen LogP contribution in [0, 0.1) is 5.41 Å². The van der Waals surface area contributed by atoms with Gasteiger partial charge in [-0.1, -0.05) is 45.0 Å². The van der Waals surface area contributed by atoms with E-state index in [0.717, 1.165) is 6.42 Å². The molecular weight excluding hydrogens is 163 g/mol. The minimum absolute atomic E-state index is 0.382. The first-order valence-corrected chi connectivity index (χ1v) is 4.90. The molecule has 0 spiro atoms. The van der Waals surface area contributed by atoms with E-state index in [2.05, 4.69) is 54.3 Å². The minimum atomic E-state index is 0.382. The fourth-order valence-corrected chi connectivity index (χ4v) is 1.58. The summed E-state index contributed by atoms with van der Waals surface area (Å²) in [5.74, 6) is 0. The summed E-state index contributed by atoms with van der Waals surface area (Å²) in [7, 11) is 2.79. The van der Waals surface area contributed by atoms with Crippen LogP contribution >= 0.6 is 9.24 Å². The molecule has 0 radical (unpaired) electrons. The van der Waals surface area contributed by atoms with Crippen molar-refractivity contribution in [3.63, 3.8) is 0 Å². The first-order chi connectivity index (χ1) is 5.49. The van der Waals surface area contributed by atoms with E-state index in [1.807, 2.05) is 0 Å². The van der Waals surface area contributed by atoms with Crippen LogP contribution in [0.1, 0.15) is 26.3 Å². The van der Waals surface area contributed by atoms with Crippen LogP contribution in [0.5, 0.6) is 0 Å². The second-order valence-electron chi connectivity index (χ2n) is 4.44. The molecule has 0 aliphatic heterocycles. The van der Waals surface area contributed by atoms with E-state index in [0.29, 0.717) is 5.41 Å². The van der Waals surface area contributed by atoms with Gasteiger partial charge in [0.2, 0.25) is 0 Å². The average Bonchev–Trinajstić information content (AvgIpc) is 1.91.